The molecule has 0 aliphatic carbocycles. The third-order valence-electron chi connectivity index (χ3n) is 3.80. The molecular formula is C18H17Cl2N3O2S. The Morgan fingerprint density at radius 1 is 1.08 bits per heavy atom. The second-order valence-corrected chi connectivity index (χ2v) is 8.46. The van der Waals surface area contributed by atoms with E-state index in [0.717, 1.165) is 17.0 Å². The molecule has 0 aliphatic heterocycles. The van der Waals surface area contributed by atoms with Crippen LogP contribution in [0.25, 0.3) is 0 Å². The first-order valence-electron chi connectivity index (χ1n) is 7.82. The number of benzene rings is 2. The van der Waals surface area contributed by atoms with Crippen LogP contribution in [0.1, 0.15) is 17.0 Å². The smallest absolute Gasteiger partial charge is 0.263 e. The maximum absolute atomic E-state index is 12.6. The fourth-order valence-electron chi connectivity index (χ4n) is 2.63. The van der Waals surface area contributed by atoms with E-state index in [2.05, 4.69) is 9.82 Å². The fraction of sp³-hybridized carbons (Fsp3) is 0.167. The topological polar surface area (TPSA) is 64.0 Å². The van der Waals surface area contributed by atoms with Crippen LogP contribution in [-0.2, 0) is 16.6 Å². The van der Waals surface area contributed by atoms with Gasteiger partial charge in [0, 0.05) is 16.4 Å². The minimum atomic E-state index is -3.85. The van der Waals surface area contributed by atoms with Crippen LogP contribution < -0.4 is 4.72 Å². The zero-order chi connectivity index (χ0) is 18.9. The predicted octanol–water partition coefficient (Wildman–Crippen LogP) is 4.66. The number of rotatable bonds is 5. The highest BCUT2D eigenvalue weighted by molar-refractivity contribution is 7.92. The Morgan fingerprint density at radius 2 is 1.85 bits per heavy atom. The van der Waals surface area contributed by atoms with Gasteiger partial charge in [-0.2, -0.15) is 5.10 Å². The molecule has 0 saturated heterocycles. The van der Waals surface area contributed by atoms with Crippen molar-refractivity contribution in [3.8, 4) is 0 Å². The van der Waals surface area contributed by atoms with Crippen molar-refractivity contribution in [1.82, 2.24) is 9.78 Å². The van der Waals surface area contributed by atoms with Crippen LogP contribution in [0.2, 0.25) is 10.0 Å². The van der Waals surface area contributed by atoms with Gasteiger partial charge in [0.1, 0.15) is 4.90 Å². The van der Waals surface area contributed by atoms with E-state index in [1.165, 1.54) is 18.2 Å². The highest BCUT2D eigenvalue weighted by Crippen LogP contribution is 2.27. The number of anilines is 1. The molecule has 5 nitrogen and oxygen atoms in total. The normalized spacial score (nSPS) is 11.5. The maximum Gasteiger partial charge on any atom is 0.263 e. The molecule has 26 heavy (non-hydrogen) atoms. The molecule has 2 aromatic carbocycles. The summed E-state index contributed by atoms with van der Waals surface area (Å²) in [6.45, 7) is 4.46. The lowest BCUT2D eigenvalue weighted by atomic mass is 10.2. The van der Waals surface area contributed by atoms with Gasteiger partial charge in [-0.05, 0) is 55.8 Å². The van der Waals surface area contributed by atoms with Crippen LogP contribution in [0.5, 0.6) is 0 Å². The monoisotopic (exact) mass is 409 g/mol. The van der Waals surface area contributed by atoms with Crippen LogP contribution >= 0.6 is 23.2 Å². The number of nitrogens with zero attached hydrogens (tertiary/aromatic N) is 2. The number of aromatic nitrogens is 2. The average Bonchev–Trinajstić information content (AvgIpc) is 2.87. The van der Waals surface area contributed by atoms with E-state index in [4.69, 9.17) is 23.2 Å². The van der Waals surface area contributed by atoms with Crippen molar-refractivity contribution in [3.63, 3.8) is 0 Å². The van der Waals surface area contributed by atoms with Crippen molar-refractivity contribution < 1.29 is 8.42 Å². The van der Waals surface area contributed by atoms with Gasteiger partial charge in [-0.3, -0.25) is 9.40 Å². The molecule has 0 spiro atoms. The first kappa shape index (κ1) is 18.8. The van der Waals surface area contributed by atoms with Crippen molar-refractivity contribution >= 4 is 38.9 Å². The maximum atomic E-state index is 12.6. The fourth-order valence-corrected chi connectivity index (χ4v) is 4.45. The summed E-state index contributed by atoms with van der Waals surface area (Å²) >= 11 is 11.9. The number of aryl methyl sites for hydroxylation is 2. The second kappa shape index (κ2) is 7.31. The molecule has 0 saturated carbocycles. The molecular weight excluding hydrogens is 393 g/mol. The van der Waals surface area contributed by atoms with Crippen LogP contribution in [0.15, 0.2) is 53.4 Å². The summed E-state index contributed by atoms with van der Waals surface area (Å²) in [5.74, 6) is 0. The van der Waals surface area contributed by atoms with Crippen molar-refractivity contribution in [2.75, 3.05) is 4.72 Å². The van der Waals surface area contributed by atoms with Gasteiger partial charge in [0.2, 0.25) is 0 Å². The van der Waals surface area contributed by atoms with Crippen LogP contribution in [0, 0.1) is 13.8 Å². The van der Waals surface area contributed by atoms with Crippen molar-refractivity contribution in [2.45, 2.75) is 25.3 Å². The first-order chi connectivity index (χ1) is 12.2. The summed E-state index contributed by atoms with van der Waals surface area (Å²) < 4.78 is 29.7. The molecule has 1 heterocycles. The molecule has 0 bridgehead atoms. The van der Waals surface area contributed by atoms with E-state index in [1.807, 2.05) is 30.7 Å². The van der Waals surface area contributed by atoms with Gasteiger partial charge in [0.05, 0.1) is 17.3 Å². The summed E-state index contributed by atoms with van der Waals surface area (Å²) in [4.78, 5) is -0.0596. The van der Waals surface area contributed by atoms with E-state index in [1.54, 1.807) is 18.2 Å². The van der Waals surface area contributed by atoms with E-state index in [9.17, 15) is 8.42 Å². The van der Waals surface area contributed by atoms with Crippen LogP contribution in [0.3, 0.4) is 0 Å². The highest BCUT2D eigenvalue weighted by Gasteiger charge is 2.18. The third kappa shape index (κ3) is 4.20. The van der Waals surface area contributed by atoms with Crippen molar-refractivity contribution in [1.29, 1.82) is 0 Å². The Morgan fingerprint density at radius 3 is 2.54 bits per heavy atom. The van der Waals surface area contributed by atoms with Gasteiger partial charge in [0.15, 0.2) is 0 Å². The minimum absolute atomic E-state index is 0.0596. The molecule has 3 rings (SSSR count). The molecule has 1 aromatic heterocycles. The number of sulfonamides is 1. The Bertz CT molecular complexity index is 1060. The molecule has 0 aliphatic rings. The van der Waals surface area contributed by atoms with Crippen molar-refractivity contribution in [3.05, 3.63) is 75.5 Å². The van der Waals surface area contributed by atoms with Gasteiger partial charge in [-0.1, -0.05) is 35.3 Å². The molecule has 0 radical (unpaired) electrons. The van der Waals surface area contributed by atoms with Gasteiger partial charge >= 0.3 is 0 Å². The van der Waals surface area contributed by atoms with E-state index in [0.29, 0.717) is 17.3 Å². The molecule has 0 atom stereocenters. The highest BCUT2D eigenvalue weighted by atomic mass is 35.5. The standard InChI is InChI=1S/C18H17Cl2N3O2S/c1-12-8-13(2)23(21-12)11-14-4-3-5-16(9-14)22-26(24,25)18-10-15(19)6-7-17(18)20/h3-10,22H,11H2,1-2H3. The zero-order valence-electron chi connectivity index (χ0n) is 14.2. The molecule has 0 fully saturated rings. The summed E-state index contributed by atoms with van der Waals surface area (Å²) in [6.07, 6.45) is 0. The predicted molar refractivity (Wildman–Crippen MR) is 105 cm³/mol. The summed E-state index contributed by atoms with van der Waals surface area (Å²) in [6, 6.07) is 13.5. The lowest BCUT2D eigenvalue weighted by Gasteiger charge is -2.11. The average molecular weight is 410 g/mol. The summed E-state index contributed by atoms with van der Waals surface area (Å²) in [5, 5.41) is 4.84. The quantitative estimate of drug-likeness (QED) is 0.666. The Hall–Kier alpha value is -2.02. The molecule has 0 amide bonds. The van der Waals surface area contributed by atoms with E-state index >= 15 is 0 Å². The molecule has 136 valence electrons. The first-order valence-corrected chi connectivity index (χ1v) is 10.1. The second-order valence-electron chi connectivity index (χ2n) is 5.97. The van der Waals surface area contributed by atoms with Crippen molar-refractivity contribution in [2.24, 2.45) is 0 Å². The molecule has 1 N–H and O–H groups in total. The SMILES string of the molecule is Cc1cc(C)n(Cc2cccc(NS(=O)(=O)c3cc(Cl)ccc3Cl)c2)n1. The summed E-state index contributed by atoms with van der Waals surface area (Å²) in [7, 11) is -3.85. The van der Waals surface area contributed by atoms with E-state index in [-0.39, 0.29) is 9.92 Å². The van der Waals surface area contributed by atoms with Gasteiger partial charge in [-0.15, -0.1) is 0 Å². The van der Waals surface area contributed by atoms with Crippen LogP contribution in [0.4, 0.5) is 5.69 Å². The largest absolute Gasteiger partial charge is 0.280 e. The molecule has 8 heteroatoms. The Labute approximate surface area is 162 Å². The number of nitrogens with one attached hydrogen (secondary N) is 1. The minimum Gasteiger partial charge on any atom is -0.280 e. The number of hydrogen-bond donors (Lipinski definition) is 1. The number of halogens is 2. The number of hydrogen-bond acceptors (Lipinski definition) is 3. The molecule has 3 aromatic rings. The molecule has 0 unspecified atom stereocenters. The Balaban J connectivity index is 1.86. The Kier molecular flexibility index (Phi) is 5.27. The lowest BCUT2D eigenvalue weighted by Crippen LogP contribution is -2.14. The lowest BCUT2D eigenvalue weighted by molar-refractivity contribution is 0.601. The van der Waals surface area contributed by atoms with E-state index < -0.39 is 10.0 Å². The van der Waals surface area contributed by atoms with Gasteiger partial charge in [-0.25, -0.2) is 8.42 Å². The van der Waals surface area contributed by atoms with Gasteiger partial charge < -0.3 is 0 Å². The third-order valence-corrected chi connectivity index (χ3v) is 5.90. The zero-order valence-corrected chi connectivity index (χ0v) is 16.5. The van der Waals surface area contributed by atoms with Crippen LogP contribution in [-0.4, -0.2) is 18.2 Å². The van der Waals surface area contributed by atoms with Gasteiger partial charge in [0.25, 0.3) is 10.0 Å². The summed E-state index contributed by atoms with van der Waals surface area (Å²) in [5.41, 5.74) is 3.35.